The molecule has 6 nitrogen and oxygen atoms in total. The van der Waals surface area contributed by atoms with Crippen molar-refractivity contribution in [1.82, 2.24) is 13.9 Å². The smallest absolute Gasteiger partial charge is 0.281 e. The second-order valence-electron chi connectivity index (χ2n) is 8.78. The number of carbonyl (C=O) groups excluding carboxylic acids is 1. The fraction of sp³-hybridized carbons (Fsp3) is 0.947. The Labute approximate surface area is 159 Å². The minimum Gasteiger partial charge on any atom is -0.353 e. The zero-order chi connectivity index (χ0) is 19.3. The van der Waals surface area contributed by atoms with E-state index >= 15 is 0 Å². The molecule has 26 heavy (non-hydrogen) atoms. The van der Waals surface area contributed by atoms with Gasteiger partial charge in [-0.1, -0.05) is 40.5 Å². The molecule has 0 bridgehead atoms. The largest absolute Gasteiger partial charge is 0.353 e. The average molecular weight is 388 g/mol. The van der Waals surface area contributed by atoms with E-state index in [-0.39, 0.29) is 11.8 Å². The molecular formula is C19H37N3O3S. The van der Waals surface area contributed by atoms with E-state index in [1.807, 2.05) is 27.7 Å². The number of nitrogens with zero attached hydrogens (tertiary/aromatic N) is 2. The normalized spacial score (nSPS) is 21.2. The van der Waals surface area contributed by atoms with Crippen LogP contribution in [0.4, 0.5) is 0 Å². The predicted octanol–water partition coefficient (Wildman–Crippen LogP) is 2.62. The minimum absolute atomic E-state index is 0.0503. The molecule has 2 fully saturated rings. The molecule has 1 saturated heterocycles. The maximum Gasteiger partial charge on any atom is 0.281 e. The molecule has 2 aliphatic rings. The van der Waals surface area contributed by atoms with Gasteiger partial charge in [0.05, 0.1) is 0 Å². The van der Waals surface area contributed by atoms with E-state index in [0.29, 0.717) is 56.9 Å². The van der Waals surface area contributed by atoms with Crippen LogP contribution in [0.5, 0.6) is 0 Å². The standard InChI is InChI=1S/C19H37N3O3S/c1-15(2)13-22(14-16(3)4)26(24,25)21-11-9-17(10-12-21)19(23)20-18-7-5-6-8-18/h15-18H,5-14H2,1-4H3,(H,20,23). The van der Waals surface area contributed by atoms with Crippen LogP contribution in [-0.2, 0) is 15.0 Å². The lowest BCUT2D eigenvalue weighted by Gasteiger charge is -2.36. The van der Waals surface area contributed by atoms with Gasteiger partial charge in [-0.25, -0.2) is 0 Å². The number of piperidine rings is 1. The summed E-state index contributed by atoms with van der Waals surface area (Å²) in [7, 11) is -3.45. The Kier molecular flexibility index (Phi) is 7.91. The first-order chi connectivity index (χ1) is 12.2. The van der Waals surface area contributed by atoms with E-state index in [1.165, 1.54) is 12.8 Å². The van der Waals surface area contributed by atoms with Gasteiger partial charge >= 0.3 is 0 Å². The van der Waals surface area contributed by atoms with Crippen molar-refractivity contribution in [2.24, 2.45) is 17.8 Å². The molecule has 1 aliphatic heterocycles. The highest BCUT2D eigenvalue weighted by molar-refractivity contribution is 7.86. The maximum atomic E-state index is 13.1. The number of carbonyl (C=O) groups is 1. The van der Waals surface area contributed by atoms with Crippen molar-refractivity contribution in [2.45, 2.75) is 72.3 Å². The van der Waals surface area contributed by atoms with E-state index in [4.69, 9.17) is 0 Å². The molecule has 0 unspecified atom stereocenters. The highest BCUT2D eigenvalue weighted by Gasteiger charge is 2.35. The lowest BCUT2D eigenvalue weighted by atomic mass is 9.97. The van der Waals surface area contributed by atoms with Gasteiger partial charge in [0.25, 0.3) is 10.2 Å². The Hall–Kier alpha value is -0.660. The summed E-state index contributed by atoms with van der Waals surface area (Å²) in [6, 6.07) is 0.330. The molecule has 1 saturated carbocycles. The molecule has 1 aliphatic carbocycles. The predicted molar refractivity (Wildman–Crippen MR) is 105 cm³/mol. The topological polar surface area (TPSA) is 69.7 Å². The van der Waals surface area contributed by atoms with E-state index < -0.39 is 10.2 Å². The summed E-state index contributed by atoms with van der Waals surface area (Å²) in [5, 5.41) is 3.16. The number of hydrogen-bond donors (Lipinski definition) is 1. The number of rotatable bonds is 8. The van der Waals surface area contributed by atoms with Gasteiger partial charge in [0.1, 0.15) is 0 Å². The zero-order valence-electron chi connectivity index (χ0n) is 16.9. The summed E-state index contributed by atoms with van der Waals surface area (Å²) in [4.78, 5) is 12.4. The van der Waals surface area contributed by atoms with Crippen LogP contribution in [0.2, 0.25) is 0 Å². The summed E-state index contributed by atoms with van der Waals surface area (Å²) >= 11 is 0. The summed E-state index contributed by atoms with van der Waals surface area (Å²) in [5.41, 5.74) is 0. The SMILES string of the molecule is CC(C)CN(CC(C)C)S(=O)(=O)N1CCC(C(=O)NC2CCCC2)CC1. The first kappa shape index (κ1) is 21.6. The van der Waals surface area contributed by atoms with Crippen molar-refractivity contribution in [2.75, 3.05) is 26.2 Å². The molecule has 1 amide bonds. The molecule has 7 heteroatoms. The Morgan fingerprint density at radius 2 is 1.50 bits per heavy atom. The van der Waals surface area contributed by atoms with Crippen molar-refractivity contribution in [1.29, 1.82) is 0 Å². The van der Waals surface area contributed by atoms with Crippen molar-refractivity contribution in [3.8, 4) is 0 Å². The Morgan fingerprint density at radius 1 is 1.00 bits per heavy atom. The molecule has 2 rings (SSSR count). The van der Waals surface area contributed by atoms with Crippen molar-refractivity contribution in [3.05, 3.63) is 0 Å². The first-order valence-corrected chi connectivity index (χ1v) is 11.7. The second-order valence-corrected chi connectivity index (χ2v) is 10.7. The summed E-state index contributed by atoms with van der Waals surface area (Å²) in [5.74, 6) is 0.650. The van der Waals surface area contributed by atoms with Crippen LogP contribution in [0.3, 0.4) is 0 Å². The van der Waals surface area contributed by atoms with Gasteiger partial charge in [-0.3, -0.25) is 4.79 Å². The summed E-state index contributed by atoms with van der Waals surface area (Å²) < 4.78 is 29.3. The Balaban J connectivity index is 1.92. The molecule has 0 atom stereocenters. The van der Waals surface area contributed by atoms with Crippen LogP contribution < -0.4 is 5.32 Å². The van der Waals surface area contributed by atoms with E-state index in [9.17, 15) is 13.2 Å². The van der Waals surface area contributed by atoms with Crippen LogP contribution in [-0.4, -0.2) is 55.2 Å². The zero-order valence-corrected chi connectivity index (χ0v) is 17.7. The number of nitrogens with one attached hydrogen (secondary N) is 1. The third-order valence-corrected chi connectivity index (χ3v) is 7.28. The molecule has 0 aromatic rings. The van der Waals surface area contributed by atoms with Crippen LogP contribution >= 0.6 is 0 Å². The maximum absolute atomic E-state index is 13.1. The molecule has 1 N–H and O–H groups in total. The van der Waals surface area contributed by atoms with Gasteiger partial charge in [0.2, 0.25) is 5.91 Å². The van der Waals surface area contributed by atoms with Gasteiger partial charge in [-0.15, -0.1) is 0 Å². The van der Waals surface area contributed by atoms with Crippen molar-refractivity contribution < 1.29 is 13.2 Å². The number of amides is 1. The molecule has 0 aromatic heterocycles. The second kappa shape index (κ2) is 9.51. The van der Waals surface area contributed by atoms with Gasteiger partial charge < -0.3 is 5.32 Å². The van der Waals surface area contributed by atoms with Crippen LogP contribution in [0.1, 0.15) is 66.2 Å². The first-order valence-electron chi connectivity index (χ1n) is 10.3. The van der Waals surface area contributed by atoms with Crippen LogP contribution in [0.15, 0.2) is 0 Å². The van der Waals surface area contributed by atoms with Gasteiger partial charge in [0, 0.05) is 38.1 Å². The Morgan fingerprint density at radius 3 is 1.96 bits per heavy atom. The Bertz CT molecular complexity index is 538. The van der Waals surface area contributed by atoms with E-state index in [2.05, 4.69) is 5.32 Å². The summed E-state index contributed by atoms with van der Waals surface area (Å²) in [6.07, 6.45) is 5.80. The fourth-order valence-corrected chi connectivity index (χ4v) is 5.95. The fourth-order valence-electron chi connectivity index (χ4n) is 3.98. The minimum atomic E-state index is -3.45. The molecular weight excluding hydrogens is 350 g/mol. The molecule has 0 spiro atoms. The van der Waals surface area contributed by atoms with E-state index in [0.717, 1.165) is 12.8 Å². The lowest BCUT2D eigenvalue weighted by molar-refractivity contribution is -0.126. The third kappa shape index (κ3) is 5.92. The van der Waals surface area contributed by atoms with Gasteiger partial charge in [0.15, 0.2) is 0 Å². The molecule has 1 heterocycles. The third-order valence-electron chi connectivity index (χ3n) is 5.32. The van der Waals surface area contributed by atoms with Crippen LogP contribution in [0, 0.1) is 17.8 Å². The van der Waals surface area contributed by atoms with Crippen molar-refractivity contribution >= 4 is 16.1 Å². The number of hydrogen-bond acceptors (Lipinski definition) is 3. The lowest BCUT2D eigenvalue weighted by Crippen LogP contribution is -2.50. The molecule has 152 valence electrons. The quantitative estimate of drug-likeness (QED) is 0.696. The highest BCUT2D eigenvalue weighted by atomic mass is 32.2. The monoisotopic (exact) mass is 387 g/mol. The van der Waals surface area contributed by atoms with Crippen LogP contribution in [0.25, 0.3) is 0 Å². The molecule has 0 radical (unpaired) electrons. The summed E-state index contributed by atoms with van der Waals surface area (Å²) in [6.45, 7) is 10.1. The van der Waals surface area contributed by atoms with Crippen molar-refractivity contribution in [3.63, 3.8) is 0 Å². The average Bonchev–Trinajstić information content (AvgIpc) is 3.06. The van der Waals surface area contributed by atoms with Gasteiger partial charge in [-0.2, -0.15) is 17.0 Å². The molecule has 0 aromatic carbocycles. The highest BCUT2D eigenvalue weighted by Crippen LogP contribution is 2.24. The van der Waals surface area contributed by atoms with Gasteiger partial charge in [-0.05, 0) is 37.5 Å². The van der Waals surface area contributed by atoms with E-state index in [1.54, 1.807) is 8.61 Å².